The van der Waals surface area contributed by atoms with Gasteiger partial charge in [-0.3, -0.25) is 24.0 Å². The summed E-state index contributed by atoms with van der Waals surface area (Å²) in [6, 6.07) is -0.924. The van der Waals surface area contributed by atoms with Gasteiger partial charge in [-0.05, 0) is 19.1 Å². The standard InChI is InChI=1S/C21H26N8O7/c1-9(31)14(23)18(33)16-21(36)26-15(17(32)12(22)8-30)20(35)24-6-10-7-29(28-27-10)13-5-3-2-4-11(13)19(34)25-16/h2-5,7,9,12,14-16,30-31H,6,8,22-23H2,1H3,(H,24,35)(H,25,34)(H,26,36)/t9-,12+,14+,15+,16+/m1/s1. The first kappa shape index (κ1) is 26.6. The van der Waals surface area contributed by atoms with Crippen LogP contribution < -0.4 is 27.4 Å². The van der Waals surface area contributed by atoms with E-state index in [0.717, 1.165) is 0 Å². The average molecular weight is 502 g/mol. The van der Waals surface area contributed by atoms with Gasteiger partial charge in [0, 0.05) is 0 Å². The lowest BCUT2D eigenvalue weighted by molar-refractivity contribution is -0.140. The molecule has 192 valence electrons. The summed E-state index contributed by atoms with van der Waals surface area (Å²) in [5, 5.41) is 33.7. The van der Waals surface area contributed by atoms with Crippen LogP contribution in [-0.4, -0.2) is 91.4 Å². The molecule has 2 heterocycles. The van der Waals surface area contributed by atoms with Gasteiger partial charge >= 0.3 is 0 Å². The number of aromatic nitrogens is 3. The van der Waals surface area contributed by atoms with E-state index in [4.69, 9.17) is 11.5 Å². The second-order valence-corrected chi connectivity index (χ2v) is 8.10. The maximum atomic E-state index is 13.2. The number of para-hydroxylation sites is 1. The third-order valence-corrected chi connectivity index (χ3v) is 5.45. The molecule has 5 atom stereocenters. The summed E-state index contributed by atoms with van der Waals surface area (Å²) in [4.78, 5) is 64.8. The number of fused-ring (bicyclic) bond motifs is 4. The topological polar surface area (TPSA) is 245 Å². The molecule has 0 radical (unpaired) electrons. The van der Waals surface area contributed by atoms with Crippen molar-refractivity contribution in [2.75, 3.05) is 6.61 Å². The quantitative estimate of drug-likeness (QED) is 0.186. The smallest absolute Gasteiger partial charge is 0.254 e. The molecule has 1 aromatic carbocycles. The molecule has 0 unspecified atom stereocenters. The fourth-order valence-corrected chi connectivity index (χ4v) is 3.34. The minimum absolute atomic E-state index is 0.0150. The summed E-state index contributed by atoms with van der Waals surface area (Å²) >= 11 is 0. The third-order valence-electron chi connectivity index (χ3n) is 5.45. The van der Waals surface area contributed by atoms with Gasteiger partial charge in [0.1, 0.15) is 5.69 Å². The number of aliphatic hydroxyl groups is 2. The van der Waals surface area contributed by atoms with Crippen molar-refractivity contribution in [2.45, 2.75) is 43.7 Å². The Balaban J connectivity index is 2.10. The number of ketones is 2. The molecule has 1 aromatic heterocycles. The van der Waals surface area contributed by atoms with Crippen LogP contribution in [0.4, 0.5) is 0 Å². The van der Waals surface area contributed by atoms with Crippen molar-refractivity contribution < 1.29 is 34.2 Å². The van der Waals surface area contributed by atoms with Crippen LogP contribution in [0.1, 0.15) is 23.0 Å². The van der Waals surface area contributed by atoms with E-state index in [1.807, 2.05) is 0 Å². The van der Waals surface area contributed by atoms with Crippen LogP contribution in [0, 0.1) is 0 Å². The number of amides is 3. The molecule has 2 bridgehead atoms. The van der Waals surface area contributed by atoms with Crippen molar-refractivity contribution in [3.8, 4) is 5.69 Å². The second-order valence-electron chi connectivity index (χ2n) is 8.10. The van der Waals surface area contributed by atoms with Crippen molar-refractivity contribution in [1.29, 1.82) is 0 Å². The van der Waals surface area contributed by atoms with Gasteiger partial charge in [-0.25, -0.2) is 4.68 Å². The molecule has 2 aromatic rings. The van der Waals surface area contributed by atoms with E-state index in [0.29, 0.717) is 0 Å². The molecule has 3 rings (SSSR count). The van der Waals surface area contributed by atoms with E-state index in [1.54, 1.807) is 18.2 Å². The van der Waals surface area contributed by atoms with Crippen LogP contribution in [0.5, 0.6) is 0 Å². The predicted molar refractivity (Wildman–Crippen MR) is 121 cm³/mol. The second kappa shape index (κ2) is 11.1. The van der Waals surface area contributed by atoms with Gasteiger partial charge in [0.25, 0.3) is 17.7 Å². The summed E-state index contributed by atoms with van der Waals surface area (Å²) in [7, 11) is 0. The molecule has 15 heteroatoms. The number of aliphatic hydroxyl groups excluding tert-OH is 2. The molecule has 0 spiro atoms. The molecule has 3 amide bonds. The highest BCUT2D eigenvalue weighted by molar-refractivity contribution is 6.15. The Morgan fingerprint density at radius 3 is 2.44 bits per heavy atom. The maximum absolute atomic E-state index is 13.2. The zero-order chi connectivity index (χ0) is 26.6. The van der Waals surface area contributed by atoms with Crippen molar-refractivity contribution in [3.05, 3.63) is 41.7 Å². The number of nitrogens with zero attached hydrogens (tertiary/aromatic N) is 3. The van der Waals surface area contributed by atoms with Gasteiger partial charge in [0.2, 0.25) is 0 Å². The summed E-state index contributed by atoms with van der Waals surface area (Å²) < 4.78 is 1.25. The summed E-state index contributed by atoms with van der Waals surface area (Å²) in [5.41, 5.74) is 11.8. The number of benzene rings is 1. The van der Waals surface area contributed by atoms with Crippen LogP contribution in [0.15, 0.2) is 30.5 Å². The molecule has 1 aliphatic heterocycles. The molecule has 9 N–H and O–H groups in total. The van der Waals surface area contributed by atoms with E-state index < -0.39 is 66.2 Å². The Hall–Kier alpha value is -4.05. The SMILES string of the molecule is C[C@@H](O)[C@H](N)C(=O)[C@@H]1NC(=O)c2ccccc2-n2cc(nn2)CNC(=O)[C@H](C(=O)[C@@H](N)CO)NC1=O. The maximum Gasteiger partial charge on any atom is 0.254 e. The third kappa shape index (κ3) is 5.60. The summed E-state index contributed by atoms with van der Waals surface area (Å²) in [5.74, 6) is -5.29. The van der Waals surface area contributed by atoms with Gasteiger partial charge in [-0.1, -0.05) is 17.3 Å². The van der Waals surface area contributed by atoms with E-state index in [2.05, 4.69) is 26.3 Å². The molecular formula is C21H26N8O7. The van der Waals surface area contributed by atoms with Crippen molar-refractivity contribution in [3.63, 3.8) is 0 Å². The molecule has 0 aliphatic carbocycles. The first-order valence-electron chi connectivity index (χ1n) is 10.8. The zero-order valence-corrected chi connectivity index (χ0v) is 19.1. The largest absolute Gasteiger partial charge is 0.394 e. The minimum atomic E-state index is -2.00. The van der Waals surface area contributed by atoms with Crippen molar-refractivity contribution in [2.24, 2.45) is 11.5 Å². The number of Topliss-reactive ketones (excluding diaryl/α,β-unsaturated/α-hetero) is 2. The molecule has 0 saturated heterocycles. The Labute approximate surface area is 204 Å². The molecule has 0 fully saturated rings. The first-order chi connectivity index (χ1) is 17.0. The van der Waals surface area contributed by atoms with Crippen LogP contribution in [0.2, 0.25) is 0 Å². The van der Waals surface area contributed by atoms with Gasteiger partial charge in [-0.15, -0.1) is 5.10 Å². The lowest BCUT2D eigenvalue weighted by Crippen LogP contribution is -2.63. The fourth-order valence-electron chi connectivity index (χ4n) is 3.34. The van der Waals surface area contributed by atoms with Gasteiger partial charge in [0.15, 0.2) is 23.7 Å². The molecular weight excluding hydrogens is 476 g/mol. The average Bonchev–Trinajstić information content (AvgIpc) is 3.35. The Morgan fingerprint density at radius 1 is 1.11 bits per heavy atom. The number of hydrogen-bond donors (Lipinski definition) is 7. The molecule has 15 nitrogen and oxygen atoms in total. The van der Waals surface area contributed by atoms with E-state index in [1.165, 1.54) is 23.9 Å². The summed E-state index contributed by atoms with van der Waals surface area (Å²) in [6.45, 7) is 0.176. The Kier molecular flexibility index (Phi) is 8.21. The van der Waals surface area contributed by atoms with Crippen LogP contribution in [0.25, 0.3) is 5.69 Å². The van der Waals surface area contributed by atoms with Crippen molar-refractivity contribution >= 4 is 29.3 Å². The van der Waals surface area contributed by atoms with Gasteiger partial charge in [0.05, 0.1) is 48.8 Å². The van der Waals surface area contributed by atoms with E-state index in [9.17, 15) is 34.2 Å². The minimum Gasteiger partial charge on any atom is -0.394 e. The number of carbonyl (C=O) groups is 5. The highest BCUT2D eigenvalue weighted by Gasteiger charge is 2.39. The van der Waals surface area contributed by atoms with Crippen LogP contribution >= 0.6 is 0 Å². The fraction of sp³-hybridized carbons (Fsp3) is 0.381. The van der Waals surface area contributed by atoms with Crippen LogP contribution in [-0.2, 0) is 25.7 Å². The van der Waals surface area contributed by atoms with E-state index in [-0.39, 0.29) is 23.5 Å². The normalized spacial score (nSPS) is 21.1. The number of nitrogens with two attached hydrogens (primary N) is 2. The Morgan fingerprint density at radius 2 is 1.78 bits per heavy atom. The van der Waals surface area contributed by atoms with Crippen molar-refractivity contribution in [1.82, 2.24) is 30.9 Å². The monoisotopic (exact) mass is 502 g/mol. The van der Waals surface area contributed by atoms with Gasteiger partial charge < -0.3 is 37.6 Å². The lowest BCUT2D eigenvalue weighted by Gasteiger charge is -2.25. The number of nitrogens with one attached hydrogen (secondary N) is 3. The van der Waals surface area contributed by atoms with Gasteiger partial charge in [-0.2, -0.15) is 0 Å². The predicted octanol–water partition coefficient (Wildman–Crippen LogP) is -4.35. The first-order valence-corrected chi connectivity index (χ1v) is 10.8. The Bertz CT molecular complexity index is 1180. The number of carbonyl (C=O) groups excluding carboxylic acids is 5. The summed E-state index contributed by atoms with van der Waals surface area (Å²) in [6.07, 6.45) is 0.0404. The van der Waals surface area contributed by atoms with Crippen LogP contribution in [0.3, 0.4) is 0 Å². The molecule has 36 heavy (non-hydrogen) atoms. The highest BCUT2D eigenvalue weighted by atomic mass is 16.3. The molecule has 1 aliphatic rings. The zero-order valence-electron chi connectivity index (χ0n) is 19.1. The number of rotatable bonds is 6. The van der Waals surface area contributed by atoms with E-state index >= 15 is 0 Å². The lowest BCUT2D eigenvalue weighted by atomic mass is 9.99. The highest BCUT2D eigenvalue weighted by Crippen LogP contribution is 2.15. The molecule has 0 saturated carbocycles. The number of hydrogen-bond acceptors (Lipinski definition) is 11.